The Bertz CT molecular complexity index is 450. The lowest BCUT2D eigenvalue weighted by atomic mass is 9.84. The first-order chi connectivity index (χ1) is 7.79. The third-order valence-electron chi connectivity index (χ3n) is 4.01. The van der Waals surface area contributed by atoms with E-state index in [1.54, 1.807) is 7.11 Å². The van der Waals surface area contributed by atoms with Gasteiger partial charge >= 0.3 is 0 Å². The molecule has 0 saturated carbocycles. The maximum absolute atomic E-state index is 5.29. The van der Waals surface area contributed by atoms with E-state index in [9.17, 15) is 0 Å². The van der Waals surface area contributed by atoms with E-state index in [0.29, 0.717) is 11.8 Å². The molecule has 1 aliphatic heterocycles. The molecule has 1 aromatic carbocycles. The van der Waals surface area contributed by atoms with Crippen molar-refractivity contribution >= 4 is 5.71 Å². The normalized spacial score (nSPS) is 27.0. The maximum atomic E-state index is 5.29. The number of methoxy groups -OCH3 is 1. The van der Waals surface area contributed by atoms with Gasteiger partial charge in [0.25, 0.3) is 0 Å². The molecule has 1 aliphatic carbocycles. The van der Waals surface area contributed by atoms with E-state index in [-0.39, 0.29) is 0 Å². The lowest BCUT2D eigenvalue weighted by Crippen LogP contribution is -2.22. The monoisotopic (exact) mass is 215 g/mol. The van der Waals surface area contributed by atoms with Gasteiger partial charge in [-0.25, -0.2) is 0 Å². The predicted octanol–water partition coefficient (Wildman–Crippen LogP) is 2.82. The Hall–Kier alpha value is -1.31. The second-order valence-electron chi connectivity index (χ2n) is 4.79. The quantitative estimate of drug-likeness (QED) is 0.706. The molecule has 0 radical (unpaired) electrons. The lowest BCUT2D eigenvalue weighted by molar-refractivity contribution is 0.414. The Kier molecular flexibility index (Phi) is 2.23. The first-order valence-electron chi connectivity index (χ1n) is 5.97. The van der Waals surface area contributed by atoms with Gasteiger partial charge in [0.15, 0.2) is 0 Å². The summed E-state index contributed by atoms with van der Waals surface area (Å²) in [7, 11) is 1.73. The third-order valence-corrected chi connectivity index (χ3v) is 4.01. The van der Waals surface area contributed by atoms with Crippen LogP contribution in [0.2, 0.25) is 0 Å². The van der Waals surface area contributed by atoms with Gasteiger partial charge in [-0.1, -0.05) is 6.07 Å². The van der Waals surface area contributed by atoms with Gasteiger partial charge in [-0.05, 0) is 48.9 Å². The molecule has 16 heavy (non-hydrogen) atoms. The van der Waals surface area contributed by atoms with Crippen molar-refractivity contribution in [3.05, 3.63) is 29.3 Å². The Balaban J connectivity index is 2.01. The van der Waals surface area contributed by atoms with E-state index in [0.717, 1.165) is 18.7 Å². The van der Waals surface area contributed by atoms with Crippen molar-refractivity contribution in [2.75, 3.05) is 13.7 Å². The van der Waals surface area contributed by atoms with Crippen LogP contribution in [0.5, 0.6) is 5.75 Å². The summed E-state index contributed by atoms with van der Waals surface area (Å²) in [6.07, 6.45) is 2.36. The van der Waals surface area contributed by atoms with Crippen molar-refractivity contribution in [3.63, 3.8) is 0 Å². The van der Waals surface area contributed by atoms with Crippen LogP contribution >= 0.6 is 0 Å². The van der Waals surface area contributed by atoms with Crippen molar-refractivity contribution in [1.82, 2.24) is 0 Å². The predicted molar refractivity (Wildman–Crippen MR) is 65.5 cm³/mol. The highest BCUT2D eigenvalue weighted by molar-refractivity contribution is 5.87. The van der Waals surface area contributed by atoms with Crippen molar-refractivity contribution in [2.24, 2.45) is 10.9 Å². The number of ether oxygens (including phenoxy) is 1. The van der Waals surface area contributed by atoms with Crippen LogP contribution in [0.3, 0.4) is 0 Å². The number of hydrogen-bond acceptors (Lipinski definition) is 2. The number of fused-ring (bicyclic) bond motifs is 3. The lowest BCUT2D eigenvalue weighted by Gasteiger charge is -2.24. The molecule has 0 amide bonds. The van der Waals surface area contributed by atoms with Crippen LogP contribution in [0, 0.1) is 5.92 Å². The third kappa shape index (κ3) is 1.36. The first-order valence-corrected chi connectivity index (χ1v) is 5.97. The molecule has 1 heterocycles. The number of benzene rings is 1. The number of nitrogens with zero attached hydrogens (tertiary/aromatic N) is 1. The molecule has 0 aromatic heterocycles. The molecule has 1 aromatic rings. The molecule has 0 bridgehead atoms. The van der Waals surface area contributed by atoms with Crippen molar-refractivity contribution in [3.8, 4) is 5.75 Å². The second kappa shape index (κ2) is 3.62. The van der Waals surface area contributed by atoms with Gasteiger partial charge in [0.1, 0.15) is 5.75 Å². The summed E-state index contributed by atoms with van der Waals surface area (Å²) in [5.41, 5.74) is 4.33. The van der Waals surface area contributed by atoms with E-state index in [1.165, 1.54) is 23.3 Å². The molecular weight excluding hydrogens is 198 g/mol. The highest BCUT2D eigenvalue weighted by atomic mass is 16.5. The number of aliphatic imine (C=N–C) groups is 1. The molecule has 0 N–H and O–H groups in total. The zero-order chi connectivity index (χ0) is 11.1. The topological polar surface area (TPSA) is 21.6 Å². The summed E-state index contributed by atoms with van der Waals surface area (Å²) >= 11 is 0. The molecule has 2 heteroatoms. The Labute approximate surface area is 96.3 Å². The van der Waals surface area contributed by atoms with Gasteiger partial charge in [0, 0.05) is 18.2 Å². The molecule has 2 aliphatic rings. The van der Waals surface area contributed by atoms with E-state index >= 15 is 0 Å². The number of hydrogen-bond donors (Lipinski definition) is 0. The first kappa shape index (κ1) is 9.88. The minimum atomic E-state index is 0.649. The molecule has 2 atom stereocenters. The molecule has 0 spiro atoms. The standard InChI is InChI=1S/C14H17NO/c1-9-14-8-10-7-11(16-2)3-4-12(10)13(14)5-6-15-9/h3-4,7,13-14H,5-6,8H2,1-2H3. The van der Waals surface area contributed by atoms with E-state index in [2.05, 4.69) is 30.1 Å². The van der Waals surface area contributed by atoms with Crippen LogP contribution in [0.25, 0.3) is 0 Å². The van der Waals surface area contributed by atoms with Gasteiger partial charge in [-0.3, -0.25) is 4.99 Å². The molecule has 84 valence electrons. The van der Waals surface area contributed by atoms with E-state index in [4.69, 9.17) is 4.74 Å². The van der Waals surface area contributed by atoms with Crippen molar-refractivity contribution < 1.29 is 4.74 Å². The average Bonchev–Trinajstić information content (AvgIpc) is 2.68. The van der Waals surface area contributed by atoms with Crippen LogP contribution < -0.4 is 4.74 Å². The Morgan fingerprint density at radius 2 is 2.19 bits per heavy atom. The largest absolute Gasteiger partial charge is 0.497 e. The molecule has 2 nitrogen and oxygen atoms in total. The summed E-state index contributed by atoms with van der Waals surface area (Å²) in [4.78, 5) is 4.58. The van der Waals surface area contributed by atoms with Crippen LogP contribution in [0.15, 0.2) is 23.2 Å². The Morgan fingerprint density at radius 3 is 3.00 bits per heavy atom. The van der Waals surface area contributed by atoms with Gasteiger partial charge in [-0.2, -0.15) is 0 Å². The van der Waals surface area contributed by atoms with Crippen LogP contribution in [-0.2, 0) is 6.42 Å². The zero-order valence-corrected chi connectivity index (χ0v) is 9.86. The smallest absolute Gasteiger partial charge is 0.119 e. The van der Waals surface area contributed by atoms with Gasteiger partial charge in [0.2, 0.25) is 0 Å². The molecule has 2 unspecified atom stereocenters. The summed E-state index contributed by atoms with van der Waals surface area (Å²) in [5, 5.41) is 0. The fraction of sp³-hybridized carbons (Fsp3) is 0.500. The number of rotatable bonds is 1. The molecular formula is C14H17NO. The minimum absolute atomic E-state index is 0.649. The molecule has 3 rings (SSSR count). The molecule has 0 fully saturated rings. The van der Waals surface area contributed by atoms with E-state index < -0.39 is 0 Å². The van der Waals surface area contributed by atoms with Crippen molar-refractivity contribution in [2.45, 2.75) is 25.7 Å². The maximum Gasteiger partial charge on any atom is 0.119 e. The fourth-order valence-electron chi connectivity index (χ4n) is 3.14. The average molecular weight is 215 g/mol. The highest BCUT2D eigenvalue weighted by Gasteiger charge is 2.35. The van der Waals surface area contributed by atoms with E-state index in [1.807, 2.05) is 0 Å². The van der Waals surface area contributed by atoms with Crippen LogP contribution in [0.4, 0.5) is 0 Å². The van der Waals surface area contributed by atoms with Crippen LogP contribution in [-0.4, -0.2) is 19.4 Å². The van der Waals surface area contributed by atoms with Gasteiger partial charge in [0.05, 0.1) is 7.11 Å². The Morgan fingerprint density at radius 1 is 1.31 bits per heavy atom. The molecule has 0 saturated heterocycles. The summed E-state index contributed by atoms with van der Waals surface area (Å²) in [6.45, 7) is 3.18. The van der Waals surface area contributed by atoms with Gasteiger partial charge < -0.3 is 4.74 Å². The fourth-order valence-corrected chi connectivity index (χ4v) is 3.14. The summed E-state index contributed by atoms with van der Waals surface area (Å²) in [5.74, 6) is 2.33. The summed E-state index contributed by atoms with van der Waals surface area (Å²) in [6, 6.07) is 6.53. The second-order valence-corrected chi connectivity index (χ2v) is 4.79. The summed E-state index contributed by atoms with van der Waals surface area (Å²) < 4.78 is 5.29. The SMILES string of the molecule is COc1ccc2c(c1)CC1C(C)=NCCC21. The van der Waals surface area contributed by atoms with Crippen molar-refractivity contribution in [1.29, 1.82) is 0 Å². The van der Waals surface area contributed by atoms with Gasteiger partial charge in [-0.15, -0.1) is 0 Å². The van der Waals surface area contributed by atoms with Crippen LogP contribution in [0.1, 0.15) is 30.4 Å². The zero-order valence-electron chi connectivity index (χ0n) is 9.86. The minimum Gasteiger partial charge on any atom is -0.497 e. The highest BCUT2D eigenvalue weighted by Crippen LogP contribution is 2.43.